The highest BCUT2D eigenvalue weighted by atomic mass is 16.2. The number of nitrogens with one attached hydrogen (secondary N) is 2. The number of nitrogens with zero attached hydrogens (tertiary/aromatic N) is 3. The molecule has 3 heterocycles. The molecule has 1 aliphatic rings. The minimum absolute atomic E-state index is 0.129. The molecule has 0 aliphatic carbocycles. The van der Waals surface area contributed by atoms with Gasteiger partial charge in [0.2, 0.25) is 5.91 Å². The largest absolute Gasteiger partial charge is 0.361 e. The molecule has 1 aromatic carbocycles. The predicted octanol–water partition coefficient (Wildman–Crippen LogP) is 3.37. The van der Waals surface area contributed by atoms with E-state index in [1.165, 1.54) is 22.2 Å². The summed E-state index contributed by atoms with van der Waals surface area (Å²) >= 11 is 0. The van der Waals surface area contributed by atoms with Crippen LogP contribution in [-0.2, 0) is 11.3 Å². The van der Waals surface area contributed by atoms with E-state index >= 15 is 0 Å². The third-order valence-corrected chi connectivity index (χ3v) is 5.99. The number of hydrogen-bond acceptors (Lipinski definition) is 3. The molecule has 1 fully saturated rings. The number of piperidine rings is 1. The number of hydrogen-bond donors (Lipinski definition) is 2. The van der Waals surface area contributed by atoms with Gasteiger partial charge in [0.15, 0.2) is 0 Å². The van der Waals surface area contributed by atoms with Crippen molar-refractivity contribution >= 4 is 16.8 Å². The molecule has 6 nitrogen and oxygen atoms in total. The van der Waals surface area contributed by atoms with E-state index in [0.717, 1.165) is 44.6 Å². The Kier molecular flexibility index (Phi) is 6.00. The Hall–Kier alpha value is -2.60. The van der Waals surface area contributed by atoms with Crippen LogP contribution in [0.2, 0.25) is 0 Å². The number of likely N-dealkylation sites (tertiary alicyclic amines) is 1. The van der Waals surface area contributed by atoms with Gasteiger partial charge in [0.25, 0.3) is 0 Å². The summed E-state index contributed by atoms with van der Waals surface area (Å²) < 4.78 is 2.01. The summed E-state index contributed by atoms with van der Waals surface area (Å²) in [5.74, 6) is 0.704. The molecule has 1 saturated heterocycles. The molecule has 0 radical (unpaired) electrons. The molecule has 0 bridgehead atoms. The van der Waals surface area contributed by atoms with Gasteiger partial charge in [0.05, 0.1) is 12.2 Å². The Morgan fingerprint density at radius 1 is 1.24 bits per heavy atom. The number of para-hydroxylation sites is 1. The number of amides is 1. The van der Waals surface area contributed by atoms with Gasteiger partial charge in [0.1, 0.15) is 0 Å². The van der Waals surface area contributed by atoms with Crippen LogP contribution in [0.4, 0.5) is 0 Å². The van der Waals surface area contributed by atoms with Gasteiger partial charge in [-0.2, -0.15) is 5.10 Å². The van der Waals surface area contributed by atoms with Crippen molar-refractivity contribution in [2.75, 3.05) is 26.2 Å². The van der Waals surface area contributed by atoms with Crippen LogP contribution in [0.3, 0.4) is 0 Å². The third-order valence-electron chi connectivity index (χ3n) is 5.99. The molecular weight excluding hydrogens is 362 g/mol. The lowest BCUT2D eigenvalue weighted by atomic mass is 9.89. The first-order valence-electron chi connectivity index (χ1n) is 10.7. The van der Waals surface area contributed by atoms with E-state index in [1.54, 1.807) is 0 Å². The maximum absolute atomic E-state index is 12.3. The van der Waals surface area contributed by atoms with Gasteiger partial charge in [-0.1, -0.05) is 18.2 Å². The highest BCUT2D eigenvalue weighted by Gasteiger charge is 2.23. The summed E-state index contributed by atoms with van der Waals surface area (Å²) in [6.45, 7) is 8.07. The van der Waals surface area contributed by atoms with E-state index in [0.29, 0.717) is 19.0 Å². The standard InChI is InChI=1S/C23H31N5O/c1-17-14-18(2)28(26-17)11-5-10-24-23(29)16-27-12-8-19(9-13-27)21-15-25-22-7-4-3-6-20(21)22/h3-4,6-7,14-15,19,25H,5,8-13,16H2,1-2H3,(H,24,29). The van der Waals surface area contributed by atoms with Gasteiger partial charge in [-0.25, -0.2) is 0 Å². The normalized spacial score (nSPS) is 15.8. The summed E-state index contributed by atoms with van der Waals surface area (Å²) in [6.07, 6.45) is 5.27. The van der Waals surface area contributed by atoms with Crippen LogP contribution >= 0.6 is 0 Å². The Labute approximate surface area is 172 Å². The van der Waals surface area contributed by atoms with Crippen molar-refractivity contribution in [1.29, 1.82) is 0 Å². The van der Waals surface area contributed by atoms with E-state index in [1.807, 2.05) is 11.6 Å². The molecule has 154 valence electrons. The van der Waals surface area contributed by atoms with Crippen LogP contribution in [0.15, 0.2) is 36.5 Å². The molecule has 0 saturated carbocycles. The molecule has 0 spiro atoms. The molecule has 0 unspecified atom stereocenters. The molecule has 29 heavy (non-hydrogen) atoms. The Morgan fingerprint density at radius 2 is 2.03 bits per heavy atom. The van der Waals surface area contributed by atoms with E-state index in [-0.39, 0.29) is 5.91 Å². The molecule has 6 heteroatoms. The monoisotopic (exact) mass is 393 g/mol. The fourth-order valence-corrected chi connectivity index (χ4v) is 4.45. The highest BCUT2D eigenvalue weighted by Crippen LogP contribution is 2.32. The lowest BCUT2D eigenvalue weighted by Gasteiger charge is -2.31. The van der Waals surface area contributed by atoms with Crippen LogP contribution in [-0.4, -0.2) is 51.8 Å². The number of carbonyl (C=O) groups is 1. The first-order chi connectivity index (χ1) is 14.1. The summed E-state index contributed by atoms with van der Waals surface area (Å²) in [7, 11) is 0. The summed E-state index contributed by atoms with van der Waals surface area (Å²) in [4.78, 5) is 18.0. The van der Waals surface area contributed by atoms with Crippen molar-refractivity contribution in [3.8, 4) is 0 Å². The summed E-state index contributed by atoms with van der Waals surface area (Å²) in [6, 6.07) is 10.6. The minimum atomic E-state index is 0.129. The number of carbonyl (C=O) groups excluding carboxylic acids is 1. The van der Waals surface area contributed by atoms with E-state index in [9.17, 15) is 4.79 Å². The number of rotatable bonds is 7. The van der Waals surface area contributed by atoms with E-state index < -0.39 is 0 Å². The predicted molar refractivity (Wildman–Crippen MR) is 116 cm³/mol. The number of aromatic amines is 1. The second-order valence-corrected chi connectivity index (χ2v) is 8.19. The molecular formula is C23H31N5O. The van der Waals surface area contributed by atoms with Crippen LogP contribution < -0.4 is 5.32 Å². The number of aryl methyl sites for hydroxylation is 3. The zero-order valence-electron chi connectivity index (χ0n) is 17.4. The fourth-order valence-electron chi connectivity index (χ4n) is 4.45. The zero-order valence-corrected chi connectivity index (χ0v) is 17.4. The number of fused-ring (bicyclic) bond motifs is 1. The minimum Gasteiger partial charge on any atom is -0.361 e. The summed E-state index contributed by atoms with van der Waals surface area (Å²) in [5.41, 5.74) is 4.85. The smallest absolute Gasteiger partial charge is 0.234 e. The van der Waals surface area contributed by atoms with Crippen LogP contribution in [0, 0.1) is 13.8 Å². The second kappa shape index (κ2) is 8.82. The SMILES string of the molecule is Cc1cc(C)n(CCCNC(=O)CN2CCC(c3c[nH]c4ccccc34)CC2)n1. The second-order valence-electron chi connectivity index (χ2n) is 8.19. The van der Waals surface area contributed by atoms with Crippen molar-refractivity contribution in [3.63, 3.8) is 0 Å². The van der Waals surface area contributed by atoms with Crippen LogP contribution in [0.5, 0.6) is 0 Å². The average molecular weight is 394 g/mol. The van der Waals surface area contributed by atoms with Gasteiger partial charge in [-0.15, -0.1) is 0 Å². The molecule has 0 atom stereocenters. The summed E-state index contributed by atoms with van der Waals surface area (Å²) in [5, 5.41) is 8.86. The first kappa shape index (κ1) is 19.7. The molecule has 1 aliphatic heterocycles. The van der Waals surface area contributed by atoms with Gasteiger partial charge in [0, 0.05) is 35.9 Å². The van der Waals surface area contributed by atoms with Gasteiger partial charge < -0.3 is 10.3 Å². The lowest BCUT2D eigenvalue weighted by Crippen LogP contribution is -2.41. The fraction of sp³-hybridized carbons (Fsp3) is 0.478. The van der Waals surface area contributed by atoms with Crippen molar-refractivity contribution in [1.82, 2.24) is 25.0 Å². The lowest BCUT2D eigenvalue weighted by molar-refractivity contribution is -0.122. The number of aromatic nitrogens is 3. The van der Waals surface area contributed by atoms with Crippen molar-refractivity contribution in [3.05, 3.63) is 53.5 Å². The molecule has 2 N–H and O–H groups in total. The molecule has 3 aromatic rings. The number of H-pyrrole nitrogens is 1. The topological polar surface area (TPSA) is 66.0 Å². The molecule has 1 amide bonds. The first-order valence-corrected chi connectivity index (χ1v) is 10.7. The van der Waals surface area contributed by atoms with Crippen molar-refractivity contribution in [2.24, 2.45) is 0 Å². The van der Waals surface area contributed by atoms with E-state index in [2.05, 4.69) is 63.8 Å². The van der Waals surface area contributed by atoms with Gasteiger partial charge in [-0.05, 0) is 69.8 Å². The maximum Gasteiger partial charge on any atom is 0.234 e. The van der Waals surface area contributed by atoms with Crippen LogP contribution in [0.1, 0.15) is 42.1 Å². The van der Waals surface area contributed by atoms with Crippen molar-refractivity contribution in [2.45, 2.75) is 45.6 Å². The Bertz CT molecular complexity index is 965. The zero-order chi connectivity index (χ0) is 20.2. The Balaban J connectivity index is 1.18. The van der Waals surface area contributed by atoms with Crippen molar-refractivity contribution < 1.29 is 4.79 Å². The van der Waals surface area contributed by atoms with Gasteiger partial charge in [-0.3, -0.25) is 14.4 Å². The Morgan fingerprint density at radius 3 is 2.79 bits per heavy atom. The third kappa shape index (κ3) is 4.70. The quantitative estimate of drug-likeness (QED) is 0.605. The average Bonchev–Trinajstić information content (AvgIpc) is 3.28. The highest BCUT2D eigenvalue weighted by molar-refractivity contribution is 5.83. The van der Waals surface area contributed by atoms with Crippen LogP contribution in [0.25, 0.3) is 10.9 Å². The van der Waals surface area contributed by atoms with Gasteiger partial charge >= 0.3 is 0 Å². The van der Waals surface area contributed by atoms with E-state index in [4.69, 9.17) is 0 Å². The number of benzene rings is 1. The molecule has 2 aromatic heterocycles. The molecule has 4 rings (SSSR count). The maximum atomic E-state index is 12.3.